The van der Waals surface area contributed by atoms with Gasteiger partial charge in [-0.25, -0.2) is 0 Å². The smallest absolute Gasteiger partial charge is 0.227 e. The predicted octanol–water partition coefficient (Wildman–Crippen LogP) is 3.37. The molecule has 0 bridgehead atoms. The zero-order valence-corrected chi connectivity index (χ0v) is 15.8. The lowest BCUT2D eigenvalue weighted by Gasteiger charge is -2.26. The van der Waals surface area contributed by atoms with E-state index in [0.717, 1.165) is 48.1 Å². The molecule has 128 valence electrons. The first-order chi connectivity index (χ1) is 10.7. The number of hydrogen-bond acceptors (Lipinski definition) is 3. The number of hydrogen-bond donors (Lipinski definition) is 1. The van der Waals surface area contributed by atoms with Crippen LogP contribution in [0.4, 0.5) is 0 Å². The van der Waals surface area contributed by atoms with Gasteiger partial charge in [-0.3, -0.25) is 4.79 Å². The molecule has 1 heterocycles. The second-order valence-electron chi connectivity index (χ2n) is 6.07. The topological polar surface area (TPSA) is 41.6 Å². The minimum absolute atomic E-state index is 0. The molecule has 1 saturated carbocycles. The standard InChI is InChI=1S/C17H23BrN2O2.ClH/c1-2-22-16-6-3-14(18)9-13(16)11-20(15-4-5-15)17(21)12-7-8-19-10-12;/h3,6,9,12,15,19H,2,4-5,7-8,10-11H2,1H3;1H. The molecule has 4 nitrogen and oxygen atoms in total. The van der Waals surface area contributed by atoms with Crippen molar-refractivity contribution in [3.05, 3.63) is 28.2 Å². The van der Waals surface area contributed by atoms with Crippen molar-refractivity contribution in [2.75, 3.05) is 19.7 Å². The summed E-state index contributed by atoms with van der Waals surface area (Å²) in [6.07, 6.45) is 3.21. The van der Waals surface area contributed by atoms with Crippen LogP contribution in [0.5, 0.6) is 5.75 Å². The molecule has 1 amide bonds. The Kier molecular flexibility index (Phi) is 6.74. The Labute approximate surface area is 152 Å². The van der Waals surface area contributed by atoms with Gasteiger partial charge in [0, 0.05) is 29.2 Å². The number of nitrogens with one attached hydrogen (secondary N) is 1. The van der Waals surface area contributed by atoms with Crippen molar-refractivity contribution in [2.24, 2.45) is 5.92 Å². The molecule has 0 aromatic heterocycles. The lowest BCUT2D eigenvalue weighted by molar-refractivity contribution is -0.136. The van der Waals surface area contributed by atoms with Crippen LogP contribution < -0.4 is 10.1 Å². The minimum Gasteiger partial charge on any atom is -0.494 e. The number of halogens is 2. The number of nitrogens with zero attached hydrogens (tertiary/aromatic N) is 1. The average Bonchev–Trinajstić information content (AvgIpc) is 3.20. The second kappa shape index (κ2) is 8.36. The Morgan fingerprint density at radius 1 is 1.39 bits per heavy atom. The van der Waals surface area contributed by atoms with Gasteiger partial charge in [0.25, 0.3) is 0 Å². The third kappa shape index (κ3) is 4.61. The van der Waals surface area contributed by atoms with E-state index in [1.165, 1.54) is 0 Å². The highest BCUT2D eigenvalue weighted by molar-refractivity contribution is 9.10. The van der Waals surface area contributed by atoms with E-state index in [4.69, 9.17) is 4.74 Å². The first-order valence-corrected chi connectivity index (χ1v) is 8.90. The summed E-state index contributed by atoms with van der Waals surface area (Å²) in [4.78, 5) is 14.9. The van der Waals surface area contributed by atoms with Gasteiger partial charge in [-0.15, -0.1) is 12.4 Å². The fourth-order valence-electron chi connectivity index (χ4n) is 3.02. The van der Waals surface area contributed by atoms with Crippen LogP contribution in [0.15, 0.2) is 22.7 Å². The normalized spacial score (nSPS) is 20.0. The van der Waals surface area contributed by atoms with Gasteiger partial charge in [-0.2, -0.15) is 0 Å². The van der Waals surface area contributed by atoms with Crippen LogP contribution in [0.25, 0.3) is 0 Å². The molecule has 1 unspecified atom stereocenters. The van der Waals surface area contributed by atoms with E-state index in [2.05, 4.69) is 32.2 Å². The predicted molar refractivity (Wildman–Crippen MR) is 97.1 cm³/mol. The molecule has 2 aliphatic rings. The lowest BCUT2D eigenvalue weighted by atomic mass is 10.1. The van der Waals surface area contributed by atoms with Gasteiger partial charge >= 0.3 is 0 Å². The van der Waals surface area contributed by atoms with Crippen LogP contribution >= 0.6 is 28.3 Å². The Morgan fingerprint density at radius 3 is 2.78 bits per heavy atom. The molecule has 6 heteroatoms. The Balaban J connectivity index is 0.00000192. The summed E-state index contributed by atoms with van der Waals surface area (Å²) in [5.74, 6) is 1.33. The van der Waals surface area contributed by atoms with Crippen molar-refractivity contribution in [2.45, 2.75) is 38.8 Å². The third-order valence-corrected chi connectivity index (χ3v) is 4.84. The fraction of sp³-hybridized carbons (Fsp3) is 0.588. The highest BCUT2D eigenvalue weighted by Crippen LogP contribution is 2.33. The van der Waals surface area contributed by atoms with E-state index in [1.54, 1.807) is 0 Å². The molecule has 23 heavy (non-hydrogen) atoms. The van der Waals surface area contributed by atoms with E-state index >= 15 is 0 Å². The maximum atomic E-state index is 12.8. The van der Waals surface area contributed by atoms with Crippen molar-refractivity contribution < 1.29 is 9.53 Å². The maximum Gasteiger partial charge on any atom is 0.227 e. The third-order valence-electron chi connectivity index (χ3n) is 4.34. The summed E-state index contributed by atoms with van der Waals surface area (Å²) in [5.41, 5.74) is 1.09. The van der Waals surface area contributed by atoms with Gasteiger partial charge in [-0.1, -0.05) is 15.9 Å². The van der Waals surface area contributed by atoms with Crippen LogP contribution in [0.1, 0.15) is 31.7 Å². The second-order valence-corrected chi connectivity index (χ2v) is 6.99. The Hall–Kier alpha value is -0.780. The zero-order chi connectivity index (χ0) is 15.5. The van der Waals surface area contributed by atoms with Crippen molar-refractivity contribution in [3.8, 4) is 5.75 Å². The first-order valence-electron chi connectivity index (χ1n) is 8.11. The average molecular weight is 404 g/mol. The molecular formula is C17H24BrClN2O2. The molecule has 1 atom stereocenters. The Bertz CT molecular complexity index is 545. The molecule has 2 fully saturated rings. The molecule has 1 saturated heterocycles. The van der Waals surface area contributed by atoms with Crippen molar-refractivity contribution >= 4 is 34.2 Å². The van der Waals surface area contributed by atoms with Crippen molar-refractivity contribution in [1.82, 2.24) is 10.2 Å². The molecular weight excluding hydrogens is 380 g/mol. The van der Waals surface area contributed by atoms with Crippen LogP contribution in [0.2, 0.25) is 0 Å². The molecule has 3 rings (SSSR count). The molecule has 0 spiro atoms. The minimum atomic E-state index is 0. The van der Waals surface area contributed by atoms with Gasteiger partial charge in [0.1, 0.15) is 5.75 Å². The van der Waals surface area contributed by atoms with E-state index < -0.39 is 0 Å². The monoisotopic (exact) mass is 402 g/mol. The van der Waals surface area contributed by atoms with E-state index in [-0.39, 0.29) is 18.3 Å². The van der Waals surface area contributed by atoms with Crippen LogP contribution in [0.3, 0.4) is 0 Å². The highest BCUT2D eigenvalue weighted by atomic mass is 79.9. The summed E-state index contributed by atoms with van der Waals surface area (Å²) in [6, 6.07) is 6.45. The lowest BCUT2D eigenvalue weighted by Crippen LogP contribution is -2.38. The summed E-state index contributed by atoms with van der Waals surface area (Å²) >= 11 is 3.52. The number of carbonyl (C=O) groups excluding carboxylic acids is 1. The van der Waals surface area contributed by atoms with Gasteiger partial charge in [0.05, 0.1) is 12.5 Å². The van der Waals surface area contributed by atoms with Crippen molar-refractivity contribution in [1.29, 1.82) is 0 Å². The van der Waals surface area contributed by atoms with E-state index in [0.29, 0.717) is 25.1 Å². The number of benzene rings is 1. The van der Waals surface area contributed by atoms with E-state index in [9.17, 15) is 4.79 Å². The van der Waals surface area contributed by atoms with Gasteiger partial charge in [0.2, 0.25) is 5.91 Å². The zero-order valence-electron chi connectivity index (χ0n) is 13.4. The number of amides is 1. The maximum absolute atomic E-state index is 12.8. The largest absolute Gasteiger partial charge is 0.494 e. The molecule has 1 aliphatic carbocycles. The quantitative estimate of drug-likeness (QED) is 0.792. The molecule has 1 N–H and O–H groups in total. The number of carbonyl (C=O) groups is 1. The number of ether oxygens (including phenoxy) is 1. The molecule has 1 aromatic rings. The number of rotatable bonds is 6. The first kappa shape index (κ1) is 18.6. The SMILES string of the molecule is CCOc1ccc(Br)cc1CN(C(=O)C1CCNC1)C1CC1.Cl. The molecule has 1 aromatic carbocycles. The Morgan fingerprint density at radius 2 is 2.17 bits per heavy atom. The van der Waals surface area contributed by atoms with Gasteiger partial charge < -0.3 is 15.0 Å². The fourth-order valence-corrected chi connectivity index (χ4v) is 3.43. The summed E-state index contributed by atoms with van der Waals surface area (Å²) in [5, 5.41) is 3.29. The van der Waals surface area contributed by atoms with Crippen LogP contribution in [0, 0.1) is 5.92 Å². The van der Waals surface area contributed by atoms with E-state index in [1.807, 2.05) is 19.1 Å². The molecule has 0 radical (unpaired) electrons. The van der Waals surface area contributed by atoms with Gasteiger partial charge in [0.15, 0.2) is 0 Å². The van der Waals surface area contributed by atoms with Crippen molar-refractivity contribution in [3.63, 3.8) is 0 Å². The van der Waals surface area contributed by atoms with Crippen LogP contribution in [-0.4, -0.2) is 36.5 Å². The highest BCUT2D eigenvalue weighted by Gasteiger charge is 2.37. The van der Waals surface area contributed by atoms with Gasteiger partial charge in [-0.05, 0) is 50.9 Å². The molecule has 1 aliphatic heterocycles. The van der Waals surface area contributed by atoms with Crippen LogP contribution in [-0.2, 0) is 11.3 Å². The summed E-state index contributed by atoms with van der Waals surface area (Å²) in [6.45, 7) is 5.04. The summed E-state index contributed by atoms with van der Waals surface area (Å²) < 4.78 is 6.75. The summed E-state index contributed by atoms with van der Waals surface area (Å²) in [7, 11) is 0.